The van der Waals surface area contributed by atoms with E-state index in [4.69, 9.17) is 9.47 Å². The largest absolute Gasteiger partial charge is 0.496 e. The molecule has 1 N–H and O–H groups in total. The van der Waals surface area contributed by atoms with E-state index in [-0.39, 0.29) is 0 Å². The van der Waals surface area contributed by atoms with Gasteiger partial charge in [-0.15, -0.1) is 0 Å². The van der Waals surface area contributed by atoms with E-state index in [1.54, 1.807) is 7.11 Å². The van der Waals surface area contributed by atoms with Gasteiger partial charge in [-0.25, -0.2) is 0 Å². The van der Waals surface area contributed by atoms with Gasteiger partial charge in [0.15, 0.2) is 0 Å². The first-order valence-electron chi connectivity index (χ1n) is 7.17. The average molecular weight is 276 g/mol. The van der Waals surface area contributed by atoms with Crippen LogP contribution in [0.25, 0.3) is 0 Å². The molecule has 1 heterocycles. The maximum absolute atomic E-state index is 12.0. The molecule has 1 aliphatic carbocycles. The number of methoxy groups -OCH3 is 1. The van der Waals surface area contributed by atoms with Crippen molar-refractivity contribution in [3.8, 4) is 11.5 Å². The summed E-state index contributed by atoms with van der Waals surface area (Å²) in [7, 11) is 1.62. The highest BCUT2D eigenvalue weighted by Crippen LogP contribution is 2.50. The minimum Gasteiger partial charge on any atom is -0.496 e. The Hall–Kier alpha value is -1.71. The predicted molar refractivity (Wildman–Crippen MR) is 74.7 cm³/mol. The number of aliphatic carboxylic acids is 1. The Kier molecular flexibility index (Phi) is 3.11. The molecule has 3 rings (SSSR count). The second-order valence-corrected chi connectivity index (χ2v) is 5.77. The number of aryl methyl sites for hydroxylation is 1. The van der Waals surface area contributed by atoms with Crippen molar-refractivity contribution in [3.05, 3.63) is 22.8 Å². The van der Waals surface area contributed by atoms with Gasteiger partial charge in [0.2, 0.25) is 0 Å². The van der Waals surface area contributed by atoms with Gasteiger partial charge >= 0.3 is 5.97 Å². The Morgan fingerprint density at radius 3 is 2.70 bits per heavy atom. The van der Waals surface area contributed by atoms with Gasteiger partial charge in [-0.05, 0) is 31.4 Å². The maximum Gasteiger partial charge on any atom is 0.314 e. The van der Waals surface area contributed by atoms with Gasteiger partial charge < -0.3 is 14.6 Å². The van der Waals surface area contributed by atoms with Crippen LogP contribution in [-0.4, -0.2) is 24.8 Å². The number of carboxylic acids is 1. The predicted octanol–water partition coefficient (Wildman–Crippen LogP) is 2.83. The third-order valence-corrected chi connectivity index (χ3v) is 4.69. The van der Waals surface area contributed by atoms with Crippen LogP contribution in [0.2, 0.25) is 0 Å². The fourth-order valence-corrected chi connectivity index (χ4v) is 3.77. The summed E-state index contributed by atoms with van der Waals surface area (Å²) < 4.78 is 11.2. The molecule has 2 aliphatic rings. The normalized spacial score (nSPS) is 19.5. The third-order valence-electron chi connectivity index (χ3n) is 4.69. The molecule has 0 saturated heterocycles. The summed E-state index contributed by atoms with van der Waals surface area (Å²) >= 11 is 0. The molecule has 0 amide bonds. The van der Waals surface area contributed by atoms with Crippen molar-refractivity contribution in [2.75, 3.05) is 13.7 Å². The molecule has 1 fully saturated rings. The fourth-order valence-electron chi connectivity index (χ4n) is 3.77. The summed E-state index contributed by atoms with van der Waals surface area (Å²) in [4.78, 5) is 12.0. The van der Waals surface area contributed by atoms with Crippen molar-refractivity contribution in [2.45, 2.75) is 44.4 Å². The molecule has 1 aromatic rings. The SMILES string of the molecule is COc1c(C)cc2c(c1C1(C(=O)O)CCCC1)CCO2. The van der Waals surface area contributed by atoms with E-state index in [9.17, 15) is 9.90 Å². The van der Waals surface area contributed by atoms with Crippen molar-refractivity contribution in [2.24, 2.45) is 0 Å². The molecular weight excluding hydrogens is 256 g/mol. The third kappa shape index (κ3) is 1.70. The first-order chi connectivity index (χ1) is 9.60. The Labute approximate surface area is 118 Å². The molecule has 0 radical (unpaired) electrons. The Morgan fingerprint density at radius 1 is 1.40 bits per heavy atom. The van der Waals surface area contributed by atoms with Crippen LogP contribution in [0.15, 0.2) is 6.07 Å². The highest BCUT2D eigenvalue weighted by atomic mass is 16.5. The van der Waals surface area contributed by atoms with Gasteiger partial charge in [-0.1, -0.05) is 12.8 Å². The molecule has 108 valence electrons. The number of benzene rings is 1. The molecule has 20 heavy (non-hydrogen) atoms. The smallest absolute Gasteiger partial charge is 0.314 e. The quantitative estimate of drug-likeness (QED) is 0.922. The van der Waals surface area contributed by atoms with Gasteiger partial charge in [0, 0.05) is 17.5 Å². The number of carbonyl (C=O) groups is 1. The van der Waals surface area contributed by atoms with Crippen LogP contribution in [0.1, 0.15) is 42.4 Å². The highest BCUT2D eigenvalue weighted by molar-refractivity contribution is 5.84. The van der Waals surface area contributed by atoms with Gasteiger partial charge in [-0.3, -0.25) is 4.79 Å². The van der Waals surface area contributed by atoms with E-state index in [2.05, 4.69) is 0 Å². The summed E-state index contributed by atoms with van der Waals surface area (Å²) in [5, 5.41) is 9.86. The van der Waals surface area contributed by atoms with Gasteiger partial charge in [0.25, 0.3) is 0 Å². The highest BCUT2D eigenvalue weighted by Gasteiger charge is 2.47. The van der Waals surface area contributed by atoms with Crippen LogP contribution in [0, 0.1) is 6.92 Å². The molecular formula is C16H20O4. The second-order valence-electron chi connectivity index (χ2n) is 5.77. The Bertz CT molecular complexity index is 552. The average Bonchev–Trinajstić information content (AvgIpc) is 3.06. The van der Waals surface area contributed by atoms with Crippen LogP contribution in [-0.2, 0) is 16.6 Å². The number of fused-ring (bicyclic) bond motifs is 1. The topological polar surface area (TPSA) is 55.8 Å². The molecule has 4 nitrogen and oxygen atoms in total. The van der Waals surface area contributed by atoms with Crippen LogP contribution in [0.3, 0.4) is 0 Å². The van der Waals surface area contributed by atoms with Crippen molar-refractivity contribution >= 4 is 5.97 Å². The lowest BCUT2D eigenvalue weighted by molar-refractivity contribution is -0.143. The van der Waals surface area contributed by atoms with Crippen LogP contribution in [0.4, 0.5) is 0 Å². The molecule has 0 atom stereocenters. The minimum absolute atomic E-state index is 0.630. The molecule has 0 bridgehead atoms. The molecule has 1 aliphatic heterocycles. The van der Waals surface area contributed by atoms with Gasteiger partial charge in [-0.2, -0.15) is 0 Å². The summed E-state index contributed by atoms with van der Waals surface area (Å²) in [5.74, 6) is 0.845. The number of ether oxygens (including phenoxy) is 2. The van der Waals surface area contributed by atoms with Crippen LogP contribution < -0.4 is 9.47 Å². The van der Waals surface area contributed by atoms with Crippen LogP contribution >= 0.6 is 0 Å². The van der Waals surface area contributed by atoms with Gasteiger partial charge in [0.1, 0.15) is 11.5 Å². The van der Waals surface area contributed by atoms with E-state index >= 15 is 0 Å². The zero-order valence-corrected chi connectivity index (χ0v) is 12.0. The summed E-state index contributed by atoms with van der Waals surface area (Å²) in [6.45, 7) is 2.58. The number of carboxylic acid groups (broad SMARTS) is 1. The molecule has 1 saturated carbocycles. The molecule has 0 aromatic heterocycles. The van der Waals surface area contributed by atoms with Crippen molar-refractivity contribution in [3.63, 3.8) is 0 Å². The fraction of sp³-hybridized carbons (Fsp3) is 0.562. The lowest BCUT2D eigenvalue weighted by Crippen LogP contribution is -2.34. The standard InChI is InChI=1S/C16H20O4/c1-10-9-12-11(5-8-20-12)13(14(10)19-2)16(15(17)18)6-3-4-7-16/h9H,3-8H2,1-2H3,(H,17,18). The Balaban J connectivity index is 2.29. The first-order valence-corrected chi connectivity index (χ1v) is 7.17. The first kappa shape index (κ1) is 13.3. The molecule has 1 aromatic carbocycles. The molecule has 4 heteroatoms. The summed E-state index contributed by atoms with van der Waals surface area (Å²) in [6, 6.07) is 1.97. The van der Waals surface area contributed by atoms with Crippen molar-refractivity contribution in [1.82, 2.24) is 0 Å². The van der Waals surface area contributed by atoms with Crippen molar-refractivity contribution < 1.29 is 19.4 Å². The van der Waals surface area contributed by atoms with E-state index in [1.807, 2.05) is 13.0 Å². The number of hydrogen-bond acceptors (Lipinski definition) is 3. The Morgan fingerprint density at radius 2 is 2.10 bits per heavy atom. The lowest BCUT2D eigenvalue weighted by atomic mass is 9.75. The zero-order valence-electron chi connectivity index (χ0n) is 12.0. The summed E-state index contributed by atoms with van der Waals surface area (Å²) in [5.41, 5.74) is 2.07. The number of hydrogen-bond donors (Lipinski definition) is 1. The van der Waals surface area contributed by atoms with Gasteiger partial charge in [0.05, 0.1) is 19.1 Å². The molecule has 0 spiro atoms. The maximum atomic E-state index is 12.0. The van der Waals surface area contributed by atoms with E-state index in [1.165, 1.54) is 0 Å². The molecule has 0 unspecified atom stereocenters. The summed E-state index contributed by atoms with van der Waals surface area (Å²) in [6.07, 6.45) is 4.07. The number of rotatable bonds is 3. The zero-order chi connectivity index (χ0) is 14.3. The van der Waals surface area contributed by atoms with Crippen molar-refractivity contribution in [1.29, 1.82) is 0 Å². The van der Waals surface area contributed by atoms with E-state index in [0.717, 1.165) is 47.5 Å². The monoisotopic (exact) mass is 276 g/mol. The minimum atomic E-state index is -0.796. The second kappa shape index (κ2) is 4.69. The van der Waals surface area contributed by atoms with Crippen LogP contribution in [0.5, 0.6) is 11.5 Å². The van der Waals surface area contributed by atoms with E-state index < -0.39 is 11.4 Å². The van der Waals surface area contributed by atoms with E-state index in [0.29, 0.717) is 19.4 Å². The lowest BCUT2D eigenvalue weighted by Gasteiger charge is -2.29.